The predicted molar refractivity (Wildman–Crippen MR) is 98.6 cm³/mol. The molecule has 0 aromatic heterocycles. The molecule has 24 heavy (non-hydrogen) atoms. The first-order valence-electron chi connectivity index (χ1n) is 9.27. The van der Waals surface area contributed by atoms with Crippen molar-refractivity contribution in [2.24, 2.45) is 0 Å². The van der Waals surface area contributed by atoms with Crippen molar-refractivity contribution < 1.29 is 4.39 Å². The van der Waals surface area contributed by atoms with Crippen LogP contribution in [0.2, 0.25) is 0 Å². The molecule has 0 N–H and O–H groups in total. The van der Waals surface area contributed by atoms with Gasteiger partial charge in [-0.15, -0.1) is 0 Å². The molecule has 1 saturated heterocycles. The Balaban J connectivity index is 1.79. The Morgan fingerprint density at radius 2 is 1.62 bits per heavy atom. The number of hydrogen-bond donors (Lipinski definition) is 0. The van der Waals surface area contributed by atoms with Gasteiger partial charge in [-0.3, -0.25) is 9.80 Å². The maximum Gasteiger partial charge on any atom is 0.100 e. The van der Waals surface area contributed by atoms with Crippen LogP contribution in [0.4, 0.5) is 4.39 Å². The van der Waals surface area contributed by atoms with Gasteiger partial charge in [-0.25, -0.2) is 4.39 Å². The standard InChI is InChI=1S/C21H29FN2/c1-3-17(2)23-13-15-24(16-14-23)21(18-7-5-4-6-8-18)19-9-11-20(22)12-10-19/h4-9,11,17,21H,3,10,12-16H2,1-2H3. The molecule has 3 rings (SSSR count). The smallest absolute Gasteiger partial charge is 0.100 e. The molecule has 2 aliphatic rings. The molecule has 1 fully saturated rings. The average Bonchev–Trinajstić information content (AvgIpc) is 2.64. The van der Waals surface area contributed by atoms with Crippen LogP contribution in [0.15, 0.2) is 53.9 Å². The second kappa shape index (κ2) is 8.09. The van der Waals surface area contributed by atoms with Crippen LogP contribution >= 0.6 is 0 Å². The molecule has 0 bridgehead atoms. The van der Waals surface area contributed by atoms with E-state index in [4.69, 9.17) is 0 Å². The van der Waals surface area contributed by atoms with Crippen molar-refractivity contribution in [3.8, 4) is 0 Å². The van der Waals surface area contributed by atoms with Gasteiger partial charge in [0.15, 0.2) is 0 Å². The normalized spacial score (nSPS) is 22.6. The summed E-state index contributed by atoms with van der Waals surface area (Å²) in [5.74, 6) is 0.00662. The second-order valence-electron chi connectivity index (χ2n) is 7.00. The third-order valence-electron chi connectivity index (χ3n) is 5.53. The fourth-order valence-electron chi connectivity index (χ4n) is 3.85. The van der Waals surface area contributed by atoms with Crippen molar-refractivity contribution in [3.05, 3.63) is 59.4 Å². The fraction of sp³-hybridized carbons (Fsp3) is 0.524. The van der Waals surface area contributed by atoms with E-state index in [1.165, 1.54) is 17.6 Å². The highest BCUT2D eigenvalue weighted by atomic mass is 19.1. The Morgan fingerprint density at radius 1 is 0.958 bits per heavy atom. The lowest BCUT2D eigenvalue weighted by molar-refractivity contribution is 0.0807. The van der Waals surface area contributed by atoms with E-state index in [1.54, 1.807) is 6.08 Å². The molecule has 1 heterocycles. The summed E-state index contributed by atoms with van der Waals surface area (Å²) in [6.45, 7) is 8.98. The molecule has 2 atom stereocenters. The summed E-state index contributed by atoms with van der Waals surface area (Å²) < 4.78 is 13.4. The van der Waals surface area contributed by atoms with Crippen molar-refractivity contribution in [1.82, 2.24) is 9.80 Å². The molecule has 0 saturated carbocycles. The largest absolute Gasteiger partial charge is 0.298 e. The molecule has 1 aliphatic heterocycles. The predicted octanol–water partition coefficient (Wildman–Crippen LogP) is 4.72. The number of nitrogens with zero attached hydrogens (tertiary/aromatic N) is 2. The molecular formula is C21H29FN2. The fourth-order valence-corrected chi connectivity index (χ4v) is 3.85. The number of halogens is 1. The average molecular weight is 328 g/mol. The Bertz CT molecular complexity index is 585. The molecular weight excluding hydrogens is 299 g/mol. The minimum Gasteiger partial charge on any atom is -0.298 e. The molecule has 2 unspecified atom stereocenters. The van der Waals surface area contributed by atoms with Crippen molar-refractivity contribution in [2.75, 3.05) is 26.2 Å². The minimum atomic E-state index is 0.00662. The number of rotatable bonds is 5. The van der Waals surface area contributed by atoms with Crippen LogP contribution in [-0.2, 0) is 0 Å². The molecule has 0 radical (unpaired) electrons. The highest BCUT2D eigenvalue weighted by molar-refractivity contribution is 5.33. The van der Waals surface area contributed by atoms with Crippen molar-refractivity contribution in [1.29, 1.82) is 0 Å². The van der Waals surface area contributed by atoms with E-state index in [-0.39, 0.29) is 11.9 Å². The van der Waals surface area contributed by atoms with Gasteiger partial charge in [-0.05, 0) is 37.0 Å². The first-order chi connectivity index (χ1) is 11.7. The highest BCUT2D eigenvalue weighted by Gasteiger charge is 2.29. The van der Waals surface area contributed by atoms with Crippen LogP contribution in [0.5, 0.6) is 0 Å². The molecule has 130 valence electrons. The number of piperazine rings is 1. The van der Waals surface area contributed by atoms with Crippen molar-refractivity contribution in [3.63, 3.8) is 0 Å². The van der Waals surface area contributed by atoms with E-state index < -0.39 is 0 Å². The summed E-state index contributed by atoms with van der Waals surface area (Å²) in [6, 6.07) is 11.6. The quantitative estimate of drug-likeness (QED) is 0.772. The maximum absolute atomic E-state index is 13.4. The Labute approximate surface area is 145 Å². The van der Waals surface area contributed by atoms with Crippen LogP contribution in [0.25, 0.3) is 0 Å². The molecule has 0 amide bonds. The lowest BCUT2D eigenvalue weighted by Gasteiger charge is -2.42. The monoisotopic (exact) mass is 328 g/mol. The van der Waals surface area contributed by atoms with E-state index in [2.05, 4.69) is 54.0 Å². The van der Waals surface area contributed by atoms with Crippen molar-refractivity contribution in [2.45, 2.75) is 45.2 Å². The molecule has 1 aromatic rings. The van der Waals surface area contributed by atoms with Crippen LogP contribution in [-0.4, -0.2) is 42.0 Å². The maximum atomic E-state index is 13.4. The lowest BCUT2D eigenvalue weighted by Crippen LogP contribution is -2.50. The summed E-state index contributed by atoms with van der Waals surface area (Å²) in [7, 11) is 0. The van der Waals surface area contributed by atoms with Gasteiger partial charge in [0, 0.05) is 38.6 Å². The minimum absolute atomic E-state index is 0.00662. The van der Waals surface area contributed by atoms with Gasteiger partial charge < -0.3 is 0 Å². The summed E-state index contributed by atoms with van der Waals surface area (Å²) in [6.07, 6.45) is 6.24. The van der Waals surface area contributed by atoms with E-state index in [0.717, 1.165) is 32.6 Å². The summed E-state index contributed by atoms with van der Waals surface area (Å²) in [5, 5.41) is 0. The summed E-state index contributed by atoms with van der Waals surface area (Å²) >= 11 is 0. The number of benzene rings is 1. The van der Waals surface area contributed by atoms with E-state index in [1.807, 2.05) is 6.08 Å². The topological polar surface area (TPSA) is 6.48 Å². The Morgan fingerprint density at radius 3 is 2.21 bits per heavy atom. The number of hydrogen-bond acceptors (Lipinski definition) is 2. The van der Waals surface area contributed by atoms with Gasteiger partial charge in [-0.2, -0.15) is 0 Å². The van der Waals surface area contributed by atoms with Gasteiger partial charge in [0.1, 0.15) is 5.83 Å². The molecule has 3 heteroatoms. The number of allylic oxidation sites excluding steroid dienone is 3. The van der Waals surface area contributed by atoms with Gasteiger partial charge in [0.25, 0.3) is 0 Å². The van der Waals surface area contributed by atoms with Gasteiger partial charge in [-0.1, -0.05) is 43.3 Å². The Hall–Kier alpha value is -1.45. The van der Waals surface area contributed by atoms with Gasteiger partial charge in [0.05, 0.1) is 6.04 Å². The van der Waals surface area contributed by atoms with Gasteiger partial charge in [0.2, 0.25) is 0 Å². The SMILES string of the molecule is CCC(C)N1CCN(C(C2=CC=C(F)CC2)c2ccccc2)CC1. The van der Waals surface area contributed by atoms with Crippen LogP contribution in [0, 0.1) is 0 Å². The zero-order valence-electron chi connectivity index (χ0n) is 14.9. The molecule has 1 aromatic carbocycles. The molecule has 0 spiro atoms. The third-order valence-corrected chi connectivity index (χ3v) is 5.53. The van der Waals surface area contributed by atoms with Crippen molar-refractivity contribution >= 4 is 0 Å². The molecule has 1 aliphatic carbocycles. The van der Waals surface area contributed by atoms with Crippen LogP contribution < -0.4 is 0 Å². The summed E-state index contributed by atoms with van der Waals surface area (Å²) in [4.78, 5) is 5.17. The van der Waals surface area contributed by atoms with E-state index in [0.29, 0.717) is 12.5 Å². The summed E-state index contributed by atoms with van der Waals surface area (Å²) in [5.41, 5.74) is 2.68. The lowest BCUT2D eigenvalue weighted by atomic mass is 9.90. The Kier molecular flexibility index (Phi) is 5.85. The molecule has 2 nitrogen and oxygen atoms in total. The second-order valence-corrected chi connectivity index (χ2v) is 7.00. The first kappa shape index (κ1) is 17.4. The zero-order chi connectivity index (χ0) is 16.9. The first-order valence-corrected chi connectivity index (χ1v) is 9.27. The van der Waals surface area contributed by atoms with Gasteiger partial charge >= 0.3 is 0 Å². The zero-order valence-corrected chi connectivity index (χ0v) is 14.9. The van der Waals surface area contributed by atoms with E-state index in [9.17, 15) is 4.39 Å². The van der Waals surface area contributed by atoms with Crippen LogP contribution in [0.1, 0.15) is 44.7 Å². The highest BCUT2D eigenvalue weighted by Crippen LogP contribution is 2.35. The third kappa shape index (κ3) is 3.96. The van der Waals surface area contributed by atoms with E-state index >= 15 is 0 Å². The van der Waals surface area contributed by atoms with Crippen LogP contribution in [0.3, 0.4) is 0 Å².